The van der Waals surface area contributed by atoms with Crippen molar-refractivity contribution in [3.8, 4) is 0 Å². The Bertz CT molecular complexity index is 730. The highest BCUT2D eigenvalue weighted by Crippen LogP contribution is 2.30. The van der Waals surface area contributed by atoms with Gasteiger partial charge in [-0.3, -0.25) is 0 Å². The van der Waals surface area contributed by atoms with Crippen molar-refractivity contribution >= 4 is 22.4 Å². The Kier molecular flexibility index (Phi) is 3.06. The van der Waals surface area contributed by atoms with Crippen LogP contribution in [0.2, 0.25) is 0 Å². The van der Waals surface area contributed by atoms with Crippen LogP contribution in [0.5, 0.6) is 0 Å². The summed E-state index contributed by atoms with van der Waals surface area (Å²) in [6, 6.07) is 3.03. The minimum Gasteiger partial charge on any atom is -0.478 e. The summed E-state index contributed by atoms with van der Waals surface area (Å²) in [4.78, 5) is 11.2. The van der Waals surface area contributed by atoms with Gasteiger partial charge in [0.15, 0.2) is 0 Å². The Labute approximate surface area is 115 Å². The predicted molar refractivity (Wildman–Crippen MR) is 73.2 cm³/mol. The van der Waals surface area contributed by atoms with Gasteiger partial charge in [-0.05, 0) is 24.1 Å². The number of fused-ring (bicyclic) bond motifs is 1. The lowest BCUT2D eigenvalue weighted by molar-refractivity contribution is 0.0699. The van der Waals surface area contributed by atoms with E-state index in [1.165, 1.54) is 12.3 Å². The second kappa shape index (κ2) is 4.76. The number of ether oxygens (including phenoxy) is 1. The zero-order chi connectivity index (χ0) is 14.3. The topological polar surface area (TPSA) is 51.5 Å². The van der Waals surface area contributed by atoms with Crippen LogP contribution in [-0.4, -0.2) is 28.9 Å². The van der Waals surface area contributed by atoms with Crippen molar-refractivity contribution < 1.29 is 19.0 Å². The van der Waals surface area contributed by atoms with Crippen LogP contribution in [0.1, 0.15) is 22.3 Å². The molecule has 1 aliphatic rings. The molecule has 1 aromatic carbocycles. The highest BCUT2D eigenvalue weighted by Gasteiger charge is 2.18. The third kappa shape index (κ3) is 2.00. The molecular weight excluding hydrogens is 261 g/mol. The maximum atomic E-state index is 14.3. The van der Waals surface area contributed by atoms with E-state index in [1.54, 1.807) is 17.7 Å². The molecule has 3 rings (SSSR count). The van der Waals surface area contributed by atoms with Crippen LogP contribution in [0, 0.1) is 5.82 Å². The molecule has 0 radical (unpaired) electrons. The number of aromatic nitrogens is 1. The second-order valence-corrected chi connectivity index (χ2v) is 4.86. The zero-order valence-corrected chi connectivity index (χ0v) is 11.0. The Morgan fingerprint density at radius 3 is 2.90 bits per heavy atom. The summed E-state index contributed by atoms with van der Waals surface area (Å²) in [5, 5.41) is 9.57. The molecule has 0 amide bonds. The van der Waals surface area contributed by atoms with Crippen molar-refractivity contribution in [1.82, 2.24) is 4.57 Å². The minimum atomic E-state index is -1.05. The number of carboxylic acid groups (broad SMARTS) is 1. The van der Waals surface area contributed by atoms with E-state index >= 15 is 0 Å². The van der Waals surface area contributed by atoms with Crippen LogP contribution in [0.15, 0.2) is 24.4 Å². The molecule has 2 heterocycles. The number of carboxylic acids is 1. The Hall–Kier alpha value is -2.14. The molecule has 0 bridgehead atoms. The average molecular weight is 275 g/mol. The summed E-state index contributed by atoms with van der Waals surface area (Å²) in [6.45, 7) is 1.07. The second-order valence-electron chi connectivity index (χ2n) is 4.86. The van der Waals surface area contributed by atoms with Crippen LogP contribution in [0.3, 0.4) is 0 Å². The SMILES string of the molecule is Cn1cc(C(=O)O)c2cc(F)c(C3=CCOCC3)cc21. The quantitative estimate of drug-likeness (QED) is 0.917. The third-order valence-electron chi connectivity index (χ3n) is 3.62. The molecule has 5 heteroatoms. The number of nitrogens with zero attached hydrogens (tertiary/aromatic N) is 1. The number of carbonyl (C=O) groups is 1. The third-order valence-corrected chi connectivity index (χ3v) is 3.62. The number of aryl methyl sites for hydroxylation is 1. The van der Waals surface area contributed by atoms with Crippen molar-refractivity contribution in [3.63, 3.8) is 0 Å². The van der Waals surface area contributed by atoms with E-state index in [1.807, 2.05) is 6.08 Å². The number of halogens is 1. The minimum absolute atomic E-state index is 0.119. The van der Waals surface area contributed by atoms with Gasteiger partial charge in [0, 0.05) is 29.7 Å². The van der Waals surface area contributed by atoms with Crippen molar-refractivity contribution in [1.29, 1.82) is 0 Å². The van der Waals surface area contributed by atoms with Gasteiger partial charge < -0.3 is 14.4 Å². The van der Waals surface area contributed by atoms with E-state index in [9.17, 15) is 9.18 Å². The molecular formula is C15H14FNO3. The molecule has 2 aromatic rings. The molecule has 20 heavy (non-hydrogen) atoms. The highest BCUT2D eigenvalue weighted by atomic mass is 19.1. The molecule has 0 aliphatic carbocycles. The van der Waals surface area contributed by atoms with Gasteiger partial charge in [0.25, 0.3) is 0 Å². The smallest absolute Gasteiger partial charge is 0.337 e. The van der Waals surface area contributed by atoms with Crippen molar-refractivity contribution in [2.75, 3.05) is 13.2 Å². The van der Waals surface area contributed by atoms with Gasteiger partial charge in [-0.25, -0.2) is 9.18 Å². The van der Waals surface area contributed by atoms with Crippen LogP contribution in [-0.2, 0) is 11.8 Å². The van der Waals surface area contributed by atoms with E-state index in [2.05, 4.69) is 0 Å². The van der Waals surface area contributed by atoms with Crippen LogP contribution >= 0.6 is 0 Å². The van der Waals surface area contributed by atoms with Gasteiger partial charge in [-0.1, -0.05) is 6.08 Å². The summed E-state index contributed by atoms with van der Waals surface area (Å²) >= 11 is 0. The van der Waals surface area contributed by atoms with Gasteiger partial charge in [0.05, 0.1) is 18.8 Å². The molecule has 1 aliphatic heterocycles. The summed E-state index contributed by atoms with van der Waals surface area (Å²) in [6.07, 6.45) is 4.04. The summed E-state index contributed by atoms with van der Waals surface area (Å²) in [5.74, 6) is -1.44. The first kappa shape index (κ1) is 12.9. The molecule has 0 fully saturated rings. The van der Waals surface area contributed by atoms with Crippen LogP contribution < -0.4 is 0 Å². The monoisotopic (exact) mass is 275 g/mol. The normalized spacial score (nSPS) is 15.4. The lowest BCUT2D eigenvalue weighted by Gasteiger charge is -2.14. The molecule has 4 nitrogen and oxygen atoms in total. The molecule has 0 spiro atoms. The molecule has 1 N–H and O–H groups in total. The highest BCUT2D eigenvalue weighted by molar-refractivity contribution is 6.04. The fourth-order valence-corrected chi connectivity index (χ4v) is 2.59. The fourth-order valence-electron chi connectivity index (χ4n) is 2.59. The summed E-state index contributed by atoms with van der Waals surface area (Å²) < 4.78 is 21.2. The van der Waals surface area contributed by atoms with Gasteiger partial charge in [-0.2, -0.15) is 0 Å². The molecule has 0 saturated carbocycles. The largest absolute Gasteiger partial charge is 0.478 e. The van der Waals surface area contributed by atoms with Gasteiger partial charge in [0.2, 0.25) is 0 Å². The molecule has 1 aromatic heterocycles. The van der Waals surface area contributed by atoms with E-state index in [-0.39, 0.29) is 11.4 Å². The number of aromatic carboxylic acids is 1. The fraction of sp³-hybridized carbons (Fsp3) is 0.267. The van der Waals surface area contributed by atoms with Gasteiger partial charge >= 0.3 is 5.97 Å². The maximum Gasteiger partial charge on any atom is 0.337 e. The standard InChI is InChI=1S/C15H14FNO3/c1-17-8-12(15(18)19)11-6-13(16)10(7-14(11)17)9-2-4-20-5-3-9/h2,6-8H,3-5H2,1H3,(H,18,19). The van der Waals surface area contributed by atoms with Gasteiger partial charge in [-0.15, -0.1) is 0 Å². The van der Waals surface area contributed by atoms with Crippen LogP contribution in [0.4, 0.5) is 4.39 Å². The number of rotatable bonds is 2. The van der Waals surface area contributed by atoms with Crippen LogP contribution in [0.25, 0.3) is 16.5 Å². The maximum absolute atomic E-state index is 14.3. The van der Waals surface area contributed by atoms with Crippen molar-refractivity contribution in [2.45, 2.75) is 6.42 Å². The van der Waals surface area contributed by atoms with Crippen molar-refractivity contribution in [2.24, 2.45) is 7.05 Å². The van der Waals surface area contributed by atoms with E-state index in [0.29, 0.717) is 36.1 Å². The first-order valence-corrected chi connectivity index (χ1v) is 6.37. The molecule has 0 saturated heterocycles. The number of hydrogen-bond acceptors (Lipinski definition) is 2. The number of benzene rings is 1. The number of hydrogen-bond donors (Lipinski definition) is 1. The summed E-state index contributed by atoms with van der Waals surface area (Å²) in [7, 11) is 1.76. The Morgan fingerprint density at radius 2 is 2.25 bits per heavy atom. The lowest BCUT2D eigenvalue weighted by Crippen LogP contribution is -2.05. The molecule has 0 atom stereocenters. The Morgan fingerprint density at radius 1 is 1.45 bits per heavy atom. The zero-order valence-electron chi connectivity index (χ0n) is 11.0. The van der Waals surface area contributed by atoms with Crippen molar-refractivity contribution in [3.05, 3.63) is 41.3 Å². The van der Waals surface area contributed by atoms with E-state index in [0.717, 1.165) is 5.57 Å². The van der Waals surface area contributed by atoms with Gasteiger partial charge in [0.1, 0.15) is 5.82 Å². The molecule has 104 valence electrons. The average Bonchev–Trinajstić information content (AvgIpc) is 2.76. The first-order valence-electron chi connectivity index (χ1n) is 6.37. The van der Waals surface area contributed by atoms with E-state index < -0.39 is 5.97 Å². The Balaban J connectivity index is 2.21. The predicted octanol–water partition coefficient (Wildman–Crippen LogP) is 2.82. The van der Waals surface area contributed by atoms with E-state index in [4.69, 9.17) is 9.84 Å². The summed E-state index contributed by atoms with van der Waals surface area (Å²) in [5.41, 5.74) is 2.27. The first-order chi connectivity index (χ1) is 9.58. The molecule has 0 unspecified atom stereocenters. The lowest BCUT2D eigenvalue weighted by atomic mass is 9.99.